The lowest BCUT2D eigenvalue weighted by molar-refractivity contribution is -0.121. The first-order valence-electron chi connectivity index (χ1n) is 24.8. The number of nitrogens with one attached hydrogen (secondary N) is 1. The van der Waals surface area contributed by atoms with E-state index in [0.717, 1.165) is 75.5 Å². The van der Waals surface area contributed by atoms with Crippen molar-refractivity contribution in [3.05, 3.63) is 159 Å². The fourth-order valence-corrected chi connectivity index (χ4v) is 10.3. The number of benzene rings is 5. The number of aliphatic hydroxyl groups is 3. The number of ether oxygens (including phenoxy) is 3. The second-order valence-corrected chi connectivity index (χ2v) is 19.1. The van der Waals surface area contributed by atoms with Gasteiger partial charge in [0.15, 0.2) is 11.5 Å². The number of anilines is 1. The number of aliphatic hydroxyl groups excluding tert-OH is 3. The van der Waals surface area contributed by atoms with Crippen molar-refractivity contribution in [2.24, 2.45) is 11.8 Å². The van der Waals surface area contributed by atoms with Gasteiger partial charge in [-0.2, -0.15) is 0 Å². The smallest absolute Gasteiger partial charge is 0.161 e. The molecule has 0 amide bonds. The molecule has 0 saturated carbocycles. The second-order valence-electron chi connectivity index (χ2n) is 19.1. The molecule has 9 nitrogen and oxygen atoms in total. The van der Waals surface area contributed by atoms with Crippen molar-refractivity contribution in [2.75, 3.05) is 19.0 Å². The van der Waals surface area contributed by atoms with Crippen LogP contribution in [0.25, 0.3) is 16.8 Å². The number of allylic oxidation sites excluding steroid dienone is 4. The standard InChI is InChI=1S/C60H67NO8/c1-39-20-25-51-46-23-26-53-52(57(66)37-54(39)60(51)53)19-11-29-68-50(36-49(64)24-21-43-22-27-58(67-3)59(32-43)69-38-46)34-47-35-56(65)45(17-10-28-62)33-44(47)16-8-7-14-41-15-9-18-48(30-41)61-55(40(2)63)31-42-12-5-4-6-13-42/h4-6,9,12-13,15,18,20,22-23,25-27,30,32-33,35,37,39-40,44,47,50,55,61-63,65-66H,7-8,10,14,16-17,19,21,24,28,31,34,36,38H2,1-3H3. The molecule has 6 bridgehead atoms. The quantitative estimate of drug-likeness (QED) is 0.0484. The summed E-state index contributed by atoms with van der Waals surface area (Å²) >= 11 is 0. The van der Waals surface area contributed by atoms with E-state index in [0.29, 0.717) is 56.6 Å². The number of ketones is 1. The summed E-state index contributed by atoms with van der Waals surface area (Å²) in [5.41, 5.74) is 9.01. The van der Waals surface area contributed by atoms with Crippen molar-refractivity contribution >= 4 is 28.3 Å². The molecule has 0 spiro atoms. The van der Waals surface area contributed by atoms with Crippen LogP contribution < -0.4 is 14.8 Å². The van der Waals surface area contributed by atoms with E-state index in [1.165, 1.54) is 11.1 Å². The van der Waals surface area contributed by atoms with E-state index < -0.39 is 12.2 Å². The number of carbonyl (C=O) groups is 1. The van der Waals surface area contributed by atoms with E-state index in [4.69, 9.17) is 14.2 Å². The molecule has 9 rings (SSSR count). The van der Waals surface area contributed by atoms with Gasteiger partial charge in [-0.05, 0) is 156 Å². The highest BCUT2D eigenvalue weighted by Crippen LogP contribution is 2.42. The number of unbranched alkanes of at least 4 members (excludes halogenated alkanes) is 1. The van der Waals surface area contributed by atoms with Crippen molar-refractivity contribution in [1.82, 2.24) is 0 Å². The highest BCUT2D eigenvalue weighted by Gasteiger charge is 2.29. The summed E-state index contributed by atoms with van der Waals surface area (Å²) in [6.45, 7) is 4.30. The van der Waals surface area contributed by atoms with Crippen molar-refractivity contribution in [3.63, 3.8) is 0 Å². The molecule has 0 radical (unpaired) electrons. The summed E-state index contributed by atoms with van der Waals surface area (Å²) in [6, 6.07) is 30.3. The summed E-state index contributed by atoms with van der Waals surface area (Å²) in [5, 5.41) is 48.6. The molecular formula is C60H67NO8. The summed E-state index contributed by atoms with van der Waals surface area (Å²) < 4.78 is 18.5. The van der Waals surface area contributed by atoms with Gasteiger partial charge in [-0.25, -0.2) is 0 Å². The van der Waals surface area contributed by atoms with Crippen LogP contribution in [0.15, 0.2) is 121 Å². The van der Waals surface area contributed by atoms with E-state index in [1.807, 2.05) is 61.5 Å². The number of aryl methyl sites for hydroxylation is 2. The normalized spacial score (nSPS) is 20.0. The molecule has 2 heterocycles. The number of phenolic OH excluding ortho intramolecular Hbond substituents is 1. The Labute approximate surface area is 407 Å². The van der Waals surface area contributed by atoms with Crippen LogP contribution in [0.1, 0.15) is 110 Å². The minimum Gasteiger partial charge on any atom is -0.508 e. The third kappa shape index (κ3) is 12.4. The molecular weight excluding hydrogens is 863 g/mol. The monoisotopic (exact) mass is 929 g/mol. The van der Waals surface area contributed by atoms with Crippen LogP contribution in [0.3, 0.4) is 0 Å². The Balaban J connectivity index is 1.01. The zero-order chi connectivity index (χ0) is 48.3. The van der Waals surface area contributed by atoms with Gasteiger partial charge < -0.3 is 40.0 Å². The molecule has 5 aromatic carbocycles. The van der Waals surface area contributed by atoms with Crippen molar-refractivity contribution in [1.29, 1.82) is 0 Å². The number of hydrogen-bond donors (Lipinski definition) is 5. The lowest BCUT2D eigenvalue weighted by atomic mass is 9.77. The van der Waals surface area contributed by atoms with Crippen molar-refractivity contribution in [3.8, 4) is 29.3 Å². The van der Waals surface area contributed by atoms with Crippen LogP contribution in [-0.4, -0.2) is 58.2 Å². The topological polar surface area (TPSA) is 138 Å². The molecule has 0 aromatic heterocycles. The van der Waals surface area contributed by atoms with E-state index in [2.05, 4.69) is 85.0 Å². The number of rotatable bonds is 16. The molecule has 2 aliphatic heterocycles. The first kappa shape index (κ1) is 49.0. The van der Waals surface area contributed by atoms with Crippen LogP contribution in [0.4, 0.5) is 5.69 Å². The Bertz CT molecular complexity index is 2740. The molecule has 9 heteroatoms. The third-order valence-electron chi connectivity index (χ3n) is 14.1. The van der Waals surface area contributed by atoms with Gasteiger partial charge in [0.05, 0.1) is 19.3 Å². The first-order valence-corrected chi connectivity index (χ1v) is 24.8. The molecule has 2 aliphatic carbocycles. The molecule has 6 unspecified atom stereocenters. The lowest BCUT2D eigenvalue weighted by Crippen LogP contribution is -2.33. The Kier molecular flexibility index (Phi) is 16.5. The maximum absolute atomic E-state index is 13.9. The fraction of sp³-hybridized carbons (Fsp3) is 0.383. The maximum atomic E-state index is 13.9. The Morgan fingerprint density at radius 2 is 1.74 bits per heavy atom. The number of methoxy groups -OCH3 is 1. The van der Waals surface area contributed by atoms with Crippen molar-refractivity contribution in [2.45, 2.75) is 122 Å². The Morgan fingerprint density at radius 1 is 0.899 bits per heavy atom. The largest absolute Gasteiger partial charge is 0.508 e. The minimum atomic E-state index is -0.549. The molecule has 0 fully saturated rings. The number of hydrogen-bond acceptors (Lipinski definition) is 9. The van der Waals surface area contributed by atoms with E-state index in [9.17, 15) is 25.2 Å². The number of phenols is 1. The summed E-state index contributed by atoms with van der Waals surface area (Å²) in [4.78, 5) is 13.9. The van der Waals surface area contributed by atoms with Crippen LogP contribution >= 0.6 is 0 Å². The van der Waals surface area contributed by atoms with Crippen LogP contribution in [-0.2, 0) is 41.8 Å². The number of fused-ring (bicyclic) bond motifs is 9. The predicted molar refractivity (Wildman–Crippen MR) is 275 cm³/mol. The summed E-state index contributed by atoms with van der Waals surface area (Å²) in [5.74, 6) is 4.93. The SMILES string of the molecule is COc1ccc2cc1OCc1ccc3c(c(O)cc4c3c1C=CC4C)CC#COC(CC1C=C(O)C(CCCO)=CC1CCCCc1cccc(NC(Cc3ccccc3)C(C)O)c1)CC(=O)CC2. The van der Waals surface area contributed by atoms with E-state index in [-0.39, 0.29) is 60.5 Å². The summed E-state index contributed by atoms with van der Waals surface area (Å²) in [6.07, 6.45) is 17.4. The van der Waals surface area contributed by atoms with Gasteiger partial charge >= 0.3 is 0 Å². The molecule has 4 aliphatic rings. The highest BCUT2D eigenvalue weighted by atomic mass is 16.5. The Morgan fingerprint density at radius 3 is 2.55 bits per heavy atom. The average molecular weight is 930 g/mol. The van der Waals surface area contributed by atoms with Crippen LogP contribution in [0.2, 0.25) is 0 Å². The first-order chi connectivity index (χ1) is 33.6. The van der Waals surface area contributed by atoms with Gasteiger partial charge in [-0.15, -0.1) is 0 Å². The van der Waals surface area contributed by atoms with Gasteiger partial charge in [0.25, 0.3) is 0 Å². The zero-order valence-corrected chi connectivity index (χ0v) is 40.3. The van der Waals surface area contributed by atoms with E-state index in [1.54, 1.807) is 7.11 Å². The fourth-order valence-electron chi connectivity index (χ4n) is 10.3. The zero-order valence-electron chi connectivity index (χ0n) is 40.3. The van der Waals surface area contributed by atoms with Crippen LogP contribution in [0, 0.1) is 23.9 Å². The van der Waals surface area contributed by atoms with Gasteiger partial charge in [-0.3, -0.25) is 4.79 Å². The molecule has 5 aromatic rings. The van der Waals surface area contributed by atoms with Gasteiger partial charge in [0, 0.05) is 43.0 Å². The lowest BCUT2D eigenvalue weighted by Gasteiger charge is -2.30. The van der Waals surface area contributed by atoms with Crippen LogP contribution in [0.5, 0.6) is 17.2 Å². The van der Waals surface area contributed by atoms with Crippen molar-refractivity contribution < 1.29 is 39.4 Å². The second kappa shape index (κ2) is 23.2. The average Bonchev–Trinajstić information content (AvgIpc) is 3.34. The minimum absolute atomic E-state index is 0.0362. The summed E-state index contributed by atoms with van der Waals surface area (Å²) in [7, 11) is 1.62. The number of aromatic hydroxyl groups is 1. The van der Waals surface area contributed by atoms with Gasteiger partial charge in [-0.1, -0.05) is 98.2 Å². The third-order valence-corrected chi connectivity index (χ3v) is 14.1. The van der Waals surface area contributed by atoms with Gasteiger partial charge in [0.2, 0.25) is 0 Å². The molecule has 6 atom stereocenters. The maximum Gasteiger partial charge on any atom is 0.161 e. The highest BCUT2D eigenvalue weighted by molar-refractivity contribution is 6.00. The van der Waals surface area contributed by atoms with E-state index >= 15 is 0 Å². The van der Waals surface area contributed by atoms with Gasteiger partial charge in [0.1, 0.15) is 36.1 Å². The molecule has 0 saturated heterocycles. The molecule has 69 heavy (non-hydrogen) atoms. The Hall–Kier alpha value is -6.47. The predicted octanol–water partition coefficient (Wildman–Crippen LogP) is 11.7. The number of carbonyl (C=O) groups excluding carboxylic acids is 1. The number of Topliss-reactive ketones (excluding diaryl/α,β-unsaturated/α-hetero) is 1. The molecule has 360 valence electrons. The molecule has 5 N–H and O–H groups in total.